The third-order valence-corrected chi connectivity index (χ3v) is 4.41. The van der Waals surface area contributed by atoms with Gasteiger partial charge < -0.3 is 4.98 Å². The Morgan fingerprint density at radius 1 is 1.56 bits per heavy atom. The van der Waals surface area contributed by atoms with E-state index in [0.29, 0.717) is 9.79 Å². The average Bonchev–Trinajstić information content (AvgIpc) is 2.94. The van der Waals surface area contributed by atoms with Crippen molar-refractivity contribution < 1.29 is 0 Å². The van der Waals surface area contributed by atoms with Gasteiger partial charge in [0, 0.05) is 11.1 Å². The Morgan fingerprint density at radius 3 is 3.11 bits per heavy atom. The van der Waals surface area contributed by atoms with Crippen molar-refractivity contribution in [2.75, 3.05) is 0 Å². The van der Waals surface area contributed by atoms with Crippen molar-refractivity contribution in [3.8, 4) is 0 Å². The first-order valence-corrected chi connectivity index (χ1v) is 7.12. The molecule has 92 valence electrons. The van der Waals surface area contributed by atoms with Gasteiger partial charge in [-0.05, 0) is 36.7 Å². The van der Waals surface area contributed by atoms with Gasteiger partial charge >= 0.3 is 0 Å². The molecule has 0 aliphatic rings. The molecule has 6 heteroatoms. The number of nitrogens with one attached hydrogen (secondary N) is 1. The lowest BCUT2D eigenvalue weighted by Gasteiger charge is -2.11. The molecule has 0 spiro atoms. The average molecular weight is 296 g/mol. The Morgan fingerprint density at radius 2 is 2.39 bits per heavy atom. The predicted molar refractivity (Wildman–Crippen MR) is 78.1 cm³/mol. The van der Waals surface area contributed by atoms with Crippen LogP contribution in [0.25, 0.3) is 11.2 Å². The lowest BCUT2D eigenvalue weighted by atomic mass is 10.3. The molecule has 3 aromatic rings. The molecule has 0 saturated heterocycles. The molecule has 3 rings (SSSR count). The summed E-state index contributed by atoms with van der Waals surface area (Å²) in [7, 11) is 0. The number of thiophene rings is 1. The smallest absolute Gasteiger partial charge is 0.179 e. The van der Waals surface area contributed by atoms with Crippen molar-refractivity contribution in [1.82, 2.24) is 14.5 Å². The van der Waals surface area contributed by atoms with Crippen molar-refractivity contribution in [3.05, 3.63) is 44.4 Å². The normalized spacial score (nSPS) is 13.0. The highest BCUT2D eigenvalue weighted by Crippen LogP contribution is 2.27. The molecule has 0 aliphatic carbocycles. The van der Waals surface area contributed by atoms with Gasteiger partial charge in [0.15, 0.2) is 10.4 Å². The summed E-state index contributed by atoms with van der Waals surface area (Å²) in [6.45, 7) is 2.12. The second-order valence-electron chi connectivity index (χ2n) is 4.02. The number of rotatable bonds is 2. The topological polar surface area (TPSA) is 33.6 Å². The van der Waals surface area contributed by atoms with E-state index in [0.717, 1.165) is 11.2 Å². The third-order valence-electron chi connectivity index (χ3n) is 2.86. The second-order valence-corrected chi connectivity index (χ2v) is 5.82. The first-order valence-electron chi connectivity index (χ1n) is 5.46. The van der Waals surface area contributed by atoms with Gasteiger partial charge in [0.2, 0.25) is 0 Å². The number of hydrogen-bond donors (Lipinski definition) is 1. The van der Waals surface area contributed by atoms with Crippen molar-refractivity contribution in [3.63, 3.8) is 0 Å². The molecular formula is C12H10ClN3S2. The Hall–Kier alpha value is -1.17. The molecule has 0 bridgehead atoms. The van der Waals surface area contributed by atoms with Gasteiger partial charge in [0.25, 0.3) is 0 Å². The standard InChI is InChI=1S/C12H10ClN3S2/c1-7(10-3-2-4-18-10)16-11-9(15-12(16)17)5-8(13)6-14-11/h2-7H,1H3,(H,15,17). The number of aromatic nitrogens is 3. The second kappa shape index (κ2) is 4.50. The van der Waals surface area contributed by atoms with E-state index in [-0.39, 0.29) is 6.04 Å². The monoisotopic (exact) mass is 295 g/mol. The van der Waals surface area contributed by atoms with Crippen LogP contribution in [0.5, 0.6) is 0 Å². The summed E-state index contributed by atoms with van der Waals surface area (Å²) in [6.07, 6.45) is 1.64. The minimum absolute atomic E-state index is 0.167. The molecule has 0 amide bonds. The molecule has 0 aromatic carbocycles. The predicted octanol–water partition coefficient (Wildman–Crippen LogP) is 4.42. The Labute approximate surface area is 118 Å². The molecule has 1 N–H and O–H groups in total. The molecule has 1 unspecified atom stereocenters. The van der Waals surface area contributed by atoms with Crippen LogP contribution in [0.4, 0.5) is 0 Å². The van der Waals surface area contributed by atoms with Gasteiger partial charge in [0.05, 0.1) is 16.6 Å². The fourth-order valence-corrected chi connectivity index (χ4v) is 3.29. The van der Waals surface area contributed by atoms with E-state index < -0.39 is 0 Å². The Bertz CT molecular complexity index is 742. The van der Waals surface area contributed by atoms with Crippen LogP contribution in [0, 0.1) is 4.77 Å². The van der Waals surface area contributed by atoms with Crippen molar-refractivity contribution >= 4 is 46.3 Å². The molecule has 18 heavy (non-hydrogen) atoms. The van der Waals surface area contributed by atoms with Gasteiger partial charge in [-0.1, -0.05) is 17.7 Å². The maximum atomic E-state index is 5.94. The molecule has 3 aromatic heterocycles. The summed E-state index contributed by atoms with van der Waals surface area (Å²) in [4.78, 5) is 8.77. The summed E-state index contributed by atoms with van der Waals surface area (Å²) < 4.78 is 2.69. The van der Waals surface area contributed by atoms with Crippen LogP contribution in [0.1, 0.15) is 17.8 Å². The quantitative estimate of drug-likeness (QED) is 0.710. The van der Waals surface area contributed by atoms with Crippen LogP contribution in [0.15, 0.2) is 29.8 Å². The number of H-pyrrole nitrogens is 1. The van der Waals surface area contributed by atoms with Crippen LogP contribution < -0.4 is 0 Å². The van der Waals surface area contributed by atoms with Gasteiger partial charge in [-0.2, -0.15) is 0 Å². The van der Waals surface area contributed by atoms with E-state index in [1.165, 1.54) is 4.88 Å². The molecule has 0 aliphatic heterocycles. The van der Waals surface area contributed by atoms with E-state index in [2.05, 4.69) is 28.3 Å². The highest BCUT2D eigenvalue weighted by molar-refractivity contribution is 7.71. The highest BCUT2D eigenvalue weighted by atomic mass is 35.5. The lowest BCUT2D eigenvalue weighted by molar-refractivity contribution is 0.655. The number of aromatic amines is 1. The van der Waals surface area contributed by atoms with Gasteiger partial charge in [-0.15, -0.1) is 11.3 Å². The lowest BCUT2D eigenvalue weighted by Crippen LogP contribution is -2.05. The van der Waals surface area contributed by atoms with E-state index in [1.54, 1.807) is 17.5 Å². The number of fused-ring (bicyclic) bond motifs is 1. The van der Waals surface area contributed by atoms with Crippen molar-refractivity contribution in [1.29, 1.82) is 0 Å². The number of pyridine rings is 1. The summed E-state index contributed by atoms with van der Waals surface area (Å²) in [5.74, 6) is 0. The van der Waals surface area contributed by atoms with Gasteiger partial charge in [0.1, 0.15) is 0 Å². The van der Waals surface area contributed by atoms with Crippen LogP contribution in [-0.4, -0.2) is 14.5 Å². The van der Waals surface area contributed by atoms with E-state index in [4.69, 9.17) is 23.8 Å². The summed E-state index contributed by atoms with van der Waals surface area (Å²) in [5.41, 5.74) is 1.71. The zero-order valence-electron chi connectivity index (χ0n) is 9.55. The maximum absolute atomic E-state index is 5.94. The number of halogens is 1. The Balaban J connectivity index is 2.23. The summed E-state index contributed by atoms with van der Waals surface area (Å²) >= 11 is 13.0. The first-order chi connectivity index (χ1) is 8.66. The van der Waals surface area contributed by atoms with Crippen LogP contribution >= 0.6 is 35.2 Å². The fraction of sp³-hybridized carbons (Fsp3) is 0.167. The number of nitrogens with zero attached hydrogens (tertiary/aromatic N) is 2. The third kappa shape index (κ3) is 1.88. The SMILES string of the molecule is CC(c1cccs1)n1c(=S)[nH]c2cc(Cl)cnc21. The number of imidazole rings is 1. The van der Waals surface area contributed by atoms with Crippen molar-refractivity contribution in [2.45, 2.75) is 13.0 Å². The molecule has 3 heterocycles. The highest BCUT2D eigenvalue weighted by Gasteiger charge is 2.14. The molecular weight excluding hydrogens is 286 g/mol. The van der Waals surface area contributed by atoms with Gasteiger partial charge in [-0.25, -0.2) is 4.98 Å². The molecule has 0 saturated carbocycles. The van der Waals surface area contributed by atoms with E-state index in [1.807, 2.05) is 16.7 Å². The van der Waals surface area contributed by atoms with Gasteiger partial charge in [-0.3, -0.25) is 4.57 Å². The molecule has 3 nitrogen and oxygen atoms in total. The first kappa shape index (κ1) is 11.9. The molecule has 0 fully saturated rings. The Kier molecular flexibility index (Phi) is 2.97. The van der Waals surface area contributed by atoms with Crippen molar-refractivity contribution in [2.24, 2.45) is 0 Å². The van der Waals surface area contributed by atoms with Crippen LogP contribution in [-0.2, 0) is 0 Å². The zero-order valence-corrected chi connectivity index (χ0v) is 11.9. The number of hydrogen-bond acceptors (Lipinski definition) is 3. The summed E-state index contributed by atoms with van der Waals surface area (Å²) in [6, 6.07) is 6.16. The minimum Gasteiger partial charge on any atom is -0.329 e. The maximum Gasteiger partial charge on any atom is 0.179 e. The largest absolute Gasteiger partial charge is 0.329 e. The zero-order chi connectivity index (χ0) is 12.7. The molecule has 0 radical (unpaired) electrons. The summed E-state index contributed by atoms with van der Waals surface area (Å²) in [5, 5.41) is 2.67. The van der Waals surface area contributed by atoms with E-state index >= 15 is 0 Å². The molecule has 1 atom stereocenters. The fourth-order valence-electron chi connectivity index (χ4n) is 2.00. The van der Waals surface area contributed by atoms with Crippen LogP contribution in [0.2, 0.25) is 5.02 Å². The van der Waals surface area contributed by atoms with Crippen LogP contribution in [0.3, 0.4) is 0 Å². The van der Waals surface area contributed by atoms with E-state index in [9.17, 15) is 0 Å². The minimum atomic E-state index is 0.167.